The molecule has 2 fully saturated rings. The maximum absolute atomic E-state index is 13.4. The molecule has 0 bridgehead atoms. The van der Waals surface area contributed by atoms with E-state index in [2.05, 4.69) is 6.07 Å². The molecule has 0 saturated carbocycles. The molecule has 34 heavy (non-hydrogen) atoms. The number of hydrogen-bond donors (Lipinski definition) is 0. The molecule has 3 aromatic rings. The molecule has 1 atom stereocenters. The van der Waals surface area contributed by atoms with Crippen LogP contribution in [0.3, 0.4) is 0 Å². The number of amides is 1. The lowest BCUT2D eigenvalue weighted by Gasteiger charge is -2.37. The molecule has 8 heteroatoms. The molecule has 2 aliphatic rings. The number of carbonyl (C=O) groups is 1. The van der Waals surface area contributed by atoms with E-state index in [-0.39, 0.29) is 17.7 Å². The van der Waals surface area contributed by atoms with Crippen molar-refractivity contribution in [1.29, 1.82) is 0 Å². The second-order valence-electron chi connectivity index (χ2n) is 9.57. The first-order valence-electron chi connectivity index (χ1n) is 12.0. The van der Waals surface area contributed by atoms with E-state index in [4.69, 9.17) is 4.98 Å². The van der Waals surface area contributed by atoms with Crippen LogP contribution in [0.2, 0.25) is 0 Å². The van der Waals surface area contributed by atoms with E-state index in [0.717, 1.165) is 41.0 Å². The van der Waals surface area contributed by atoms with Gasteiger partial charge in [0.05, 0.1) is 20.1 Å². The van der Waals surface area contributed by atoms with Crippen LogP contribution in [0.5, 0.6) is 0 Å². The Kier molecular flexibility index (Phi) is 6.48. The SMILES string of the molecule is Cc1ccc(S(=O)(=O)N2CCC(C(=O)N3CCCC(c4nc5ccccc5s4)C3)CC2)cc1C. The van der Waals surface area contributed by atoms with Crippen LogP contribution in [0.4, 0.5) is 0 Å². The van der Waals surface area contributed by atoms with Crippen molar-refractivity contribution in [2.24, 2.45) is 5.92 Å². The quantitative estimate of drug-likeness (QED) is 0.523. The fourth-order valence-corrected chi connectivity index (χ4v) is 7.72. The summed E-state index contributed by atoms with van der Waals surface area (Å²) in [7, 11) is -3.53. The first-order chi connectivity index (χ1) is 16.3. The number of rotatable bonds is 4. The Hall–Kier alpha value is -2.29. The Morgan fingerprint density at radius 3 is 2.50 bits per heavy atom. The molecule has 6 nitrogen and oxygen atoms in total. The normalized spacial score (nSPS) is 20.6. The van der Waals surface area contributed by atoms with Gasteiger partial charge < -0.3 is 4.90 Å². The van der Waals surface area contributed by atoms with E-state index < -0.39 is 10.0 Å². The molecule has 2 aromatic carbocycles. The molecule has 0 aliphatic carbocycles. The molecular formula is C26H31N3O3S2. The number of piperidine rings is 2. The van der Waals surface area contributed by atoms with Crippen molar-refractivity contribution >= 4 is 37.5 Å². The Labute approximate surface area is 205 Å². The van der Waals surface area contributed by atoms with Crippen LogP contribution in [-0.2, 0) is 14.8 Å². The number of aromatic nitrogens is 1. The highest BCUT2D eigenvalue weighted by atomic mass is 32.2. The van der Waals surface area contributed by atoms with E-state index >= 15 is 0 Å². The molecule has 180 valence electrons. The summed E-state index contributed by atoms with van der Waals surface area (Å²) < 4.78 is 29.0. The van der Waals surface area contributed by atoms with Gasteiger partial charge >= 0.3 is 0 Å². The molecule has 5 rings (SSSR count). The lowest BCUT2D eigenvalue weighted by molar-refractivity contribution is -0.138. The summed E-state index contributed by atoms with van der Waals surface area (Å²) in [5.41, 5.74) is 3.08. The number of thiazole rings is 1. The lowest BCUT2D eigenvalue weighted by Crippen LogP contribution is -2.46. The van der Waals surface area contributed by atoms with Gasteiger partial charge in [0, 0.05) is 38.0 Å². The van der Waals surface area contributed by atoms with Crippen molar-refractivity contribution in [2.45, 2.75) is 50.3 Å². The molecule has 2 aliphatic heterocycles. The zero-order chi connectivity index (χ0) is 23.9. The van der Waals surface area contributed by atoms with Gasteiger partial charge in [0.25, 0.3) is 0 Å². The first-order valence-corrected chi connectivity index (χ1v) is 14.3. The molecule has 0 radical (unpaired) electrons. The lowest BCUT2D eigenvalue weighted by atomic mass is 9.93. The van der Waals surface area contributed by atoms with Gasteiger partial charge in [0.1, 0.15) is 0 Å². The first kappa shape index (κ1) is 23.5. The van der Waals surface area contributed by atoms with Crippen LogP contribution in [0.25, 0.3) is 10.2 Å². The second kappa shape index (κ2) is 9.40. The van der Waals surface area contributed by atoms with E-state index in [1.54, 1.807) is 27.8 Å². The highest BCUT2D eigenvalue weighted by molar-refractivity contribution is 7.89. The van der Waals surface area contributed by atoms with E-state index in [9.17, 15) is 13.2 Å². The molecule has 1 amide bonds. The van der Waals surface area contributed by atoms with E-state index in [1.165, 1.54) is 4.70 Å². The maximum atomic E-state index is 13.4. The second-order valence-corrected chi connectivity index (χ2v) is 12.6. The van der Waals surface area contributed by atoms with Crippen molar-refractivity contribution in [3.63, 3.8) is 0 Å². The van der Waals surface area contributed by atoms with Crippen molar-refractivity contribution in [2.75, 3.05) is 26.2 Å². The summed E-state index contributed by atoms with van der Waals surface area (Å²) in [5, 5.41) is 1.12. The van der Waals surface area contributed by atoms with Gasteiger partial charge in [0.15, 0.2) is 0 Å². The van der Waals surface area contributed by atoms with Crippen LogP contribution in [0.1, 0.15) is 47.7 Å². The number of para-hydroxylation sites is 1. The van der Waals surface area contributed by atoms with Crippen molar-refractivity contribution in [3.8, 4) is 0 Å². The van der Waals surface area contributed by atoms with Crippen molar-refractivity contribution < 1.29 is 13.2 Å². The van der Waals surface area contributed by atoms with Gasteiger partial charge in [-0.15, -0.1) is 11.3 Å². The largest absolute Gasteiger partial charge is 0.342 e. The number of benzene rings is 2. The highest BCUT2D eigenvalue weighted by Crippen LogP contribution is 2.34. The number of likely N-dealkylation sites (tertiary alicyclic amines) is 1. The smallest absolute Gasteiger partial charge is 0.243 e. The number of hydrogen-bond acceptors (Lipinski definition) is 5. The third-order valence-corrected chi connectivity index (χ3v) is 10.4. The van der Waals surface area contributed by atoms with Crippen LogP contribution in [0.15, 0.2) is 47.4 Å². The molecule has 1 unspecified atom stereocenters. The van der Waals surface area contributed by atoms with E-state index in [1.807, 2.05) is 43.0 Å². The summed E-state index contributed by atoms with van der Waals surface area (Å²) in [5.74, 6) is 0.342. The summed E-state index contributed by atoms with van der Waals surface area (Å²) in [4.78, 5) is 20.5. The Bertz CT molecular complexity index is 1280. The van der Waals surface area contributed by atoms with E-state index in [0.29, 0.717) is 37.4 Å². The van der Waals surface area contributed by atoms with Crippen molar-refractivity contribution in [1.82, 2.24) is 14.2 Å². The van der Waals surface area contributed by atoms with Gasteiger partial charge in [-0.1, -0.05) is 18.2 Å². The Morgan fingerprint density at radius 1 is 1.00 bits per heavy atom. The standard InChI is InChI=1S/C26H31N3O3S2/c1-18-9-10-22(16-19(18)2)34(31,32)29-14-11-20(12-15-29)26(30)28-13-5-6-21(17-28)25-27-23-7-3-4-8-24(23)33-25/h3-4,7-10,16,20-21H,5-6,11-15,17H2,1-2H3. The number of aryl methyl sites for hydroxylation is 2. The molecule has 3 heterocycles. The predicted molar refractivity (Wildman–Crippen MR) is 136 cm³/mol. The topological polar surface area (TPSA) is 70.6 Å². The monoisotopic (exact) mass is 497 g/mol. The van der Waals surface area contributed by atoms with Gasteiger partial charge in [-0.2, -0.15) is 4.31 Å². The fourth-order valence-electron chi connectivity index (χ4n) is 5.07. The summed E-state index contributed by atoms with van der Waals surface area (Å²) >= 11 is 1.73. The minimum Gasteiger partial charge on any atom is -0.342 e. The molecular weight excluding hydrogens is 466 g/mol. The van der Waals surface area contributed by atoms with Gasteiger partial charge in [-0.05, 0) is 74.9 Å². The van der Waals surface area contributed by atoms with Gasteiger partial charge in [0.2, 0.25) is 15.9 Å². The Morgan fingerprint density at radius 2 is 1.76 bits per heavy atom. The molecule has 0 spiro atoms. The van der Waals surface area contributed by atoms with Gasteiger partial charge in [-0.25, -0.2) is 13.4 Å². The van der Waals surface area contributed by atoms with Crippen LogP contribution in [0, 0.1) is 19.8 Å². The number of carbonyl (C=O) groups excluding carboxylic acids is 1. The molecule has 0 N–H and O–H groups in total. The minimum atomic E-state index is -3.53. The summed E-state index contributed by atoms with van der Waals surface area (Å²) in [6, 6.07) is 13.5. The maximum Gasteiger partial charge on any atom is 0.243 e. The van der Waals surface area contributed by atoms with Crippen LogP contribution in [-0.4, -0.2) is 54.7 Å². The molecule has 1 aromatic heterocycles. The number of nitrogens with zero attached hydrogens (tertiary/aromatic N) is 3. The average molecular weight is 498 g/mol. The zero-order valence-corrected chi connectivity index (χ0v) is 21.4. The summed E-state index contributed by atoms with van der Waals surface area (Å²) in [6.45, 7) is 6.17. The summed E-state index contributed by atoms with van der Waals surface area (Å²) in [6.07, 6.45) is 3.18. The third kappa shape index (κ3) is 4.51. The average Bonchev–Trinajstić information content (AvgIpc) is 3.30. The highest BCUT2D eigenvalue weighted by Gasteiger charge is 2.35. The number of sulfonamides is 1. The zero-order valence-electron chi connectivity index (χ0n) is 19.7. The van der Waals surface area contributed by atoms with Crippen LogP contribution >= 0.6 is 11.3 Å². The van der Waals surface area contributed by atoms with Crippen LogP contribution < -0.4 is 0 Å². The third-order valence-electron chi connectivity index (χ3n) is 7.31. The molecule has 2 saturated heterocycles. The van der Waals surface area contributed by atoms with Crippen molar-refractivity contribution in [3.05, 3.63) is 58.6 Å². The predicted octanol–water partition coefficient (Wildman–Crippen LogP) is 4.72. The number of fused-ring (bicyclic) bond motifs is 1. The van der Waals surface area contributed by atoms with Gasteiger partial charge in [-0.3, -0.25) is 4.79 Å². The Balaban J connectivity index is 1.22. The minimum absolute atomic E-state index is 0.111. The fraction of sp³-hybridized carbons (Fsp3) is 0.462.